The van der Waals surface area contributed by atoms with E-state index in [1.54, 1.807) is 4.90 Å². The number of hydrogen-bond acceptors (Lipinski definition) is 3. The van der Waals surface area contributed by atoms with Gasteiger partial charge < -0.3 is 14.4 Å². The number of carbonyl (C=O) groups is 2. The van der Waals surface area contributed by atoms with Crippen LogP contribution in [-0.2, 0) is 9.53 Å². The SMILES string of the molecule is CCC(CC)CN(CCCC=O)C(=O)OC(C)(C)C. The van der Waals surface area contributed by atoms with Gasteiger partial charge in [-0.25, -0.2) is 4.79 Å². The van der Waals surface area contributed by atoms with Gasteiger partial charge in [0.25, 0.3) is 0 Å². The average Bonchev–Trinajstić information content (AvgIpc) is 2.31. The van der Waals surface area contributed by atoms with Gasteiger partial charge >= 0.3 is 6.09 Å². The maximum absolute atomic E-state index is 12.1. The fourth-order valence-corrected chi connectivity index (χ4v) is 1.81. The van der Waals surface area contributed by atoms with Gasteiger partial charge in [-0.3, -0.25) is 0 Å². The molecule has 0 saturated carbocycles. The van der Waals surface area contributed by atoms with E-state index in [1.165, 1.54) is 0 Å². The number of carbonyl (C=O) groups excluding carboxylic acids is 2. The largest absolute Gasteiger partial charge is 0.444 e. The zero-order chi connectivity index (χ0) is 14.9. The van der Waals surface area contributed by atoms with Gasteiger partial charge in [-0.2, -0.15) is 0 Å². The summed E-state index contributed by atoms with van der Waals surface area (Å²) in [6.07, 6.45) is 3.90. The highest BCUT2D eigenvalue weighted by molar-refractivity contribution is 5.68. The van der Waals surface area contributed by atoms with E-state index in [1.807, 2.05) is 20.8 Å². The van der Waals surface area contributed by atoms with Crippen LogP contribution in [0.15, 0.2) is 0 Å². The van der Waals surface area contributed by atoms with Crippen LogP contribution >= 0.6 is 0 Å². The summed E-state index contributed by atoms with van der Waals surface area (Å²) in [5, 5.41) is 0. The molecule has 0 aromatic heterocycles. The molecule has 0 spiro atoms. The first kappa shape index (κ1) is 17.9. The van der Waals surface area contributed by atoms with Gasteiger partial charge in [0, 0.05) is 19.5 Å². The first-order valence-corrected chi connectivity index (χ1v) is 7.25. The normalized spacial score (nSPS) is 11.5. The molecule has 0 saturated heterocycles. The number of hydrogen-bond donors (Lipinski definition) is 0. The Balaban J connectivity index is 4.54. The Bertz CT molecular complexity index is 267. The van der Waals surface area contributed by atoms with Crippen molar-refractivity contribution in [3.05, 3.63) is 0 Å². The van der Waals surface area contributed by atoms with E-state index in [0.717, 1.165) is 19.1 Å². The molecule has 0 aliphatic rings. The number of amides is 1. The van der Waals surface area contributed by atoms with Crippen molar-refractivity contribution in [2.75, 3.05) is 13.1 Å². The zero-order valence-corrected chi connectivity index (χ0v) is 13.1. The van der Waals surface area contributed by atoms with Crippen LogP contribution in [0.25, 0.3) is 0 Å². The third-order valence-electron chi connectivity index (χ3n) is 3.03. The van der Waals surface area contributed by atoms with Crippen molar-refractivity contribution < 1.29 is 14.3 Å². The van der Waals surface area contributed by atoms with Crippen LogP contribution in [0.5, 0.6) is 0 Å². The maximum atomic E-state index is 12.1. The van der Waals surface area contributed by atoms with Gasteiger partial charge in [0.1, 0.15) is 11.9 Å². The molecule has 0 bridgehead atoms. The van der Waals surface area contributed by atoms with Crippen molar-refractivity contribution in [1.29, 1.82) is 0 Å². The molecule has 0 fully saturated rings. The number of nitrogens with zero attached hydrogens (tertiary/aromatic N) is 1. The standard InChI is InChI=1S/C15H29NO3/c1-6-13(7-2)12-16(10-8-9-11-17)14(18)19-15(3,4)5/h11,13H,6-10,12H2,1-5H3. The van der Waals surface area contributed by atoms with E-state index in [4.69, 9.17) is 4.74 Å². The van der Waals surface area contributed by atoms with E-state index in [9.17, 15) is 9.59 Å². The third-order valence-corrected chi connectivity index (χ3v) is 3.03. The molecule has 1 amide bonds. The Labute approximate surface area is 117 Å². The van der Waals surface area contributed by atoms with Gasteiger partial charge in [-0.05, 0) is 33.1 Å². The molecule has 4 nitrogen and oxygen atoms in total. The molecule has 0 radical (unpaired) electrons. The molecule has 4 heteroatoms. The smallest absolute Gasteiger partial charge is 0.410 e. The van der Waals surface area contributed by atoms with Crippen molar-refractivity contribution in [3.8, 4) is 0 Å². The van der Waals surface area contributed by atoms with Gasteiger partial charge in [-0.1, -0.05) is 26.7 Å². The van der Waals surface area contributed by atoms with Crippen LogP contribution in [0.1, 0.15) is 60.3 Å². The second-order valence-electron chi connectivity index (χ2n) is 5.92. The van der Waals surface area contributed by atoms with Crippen LogP contribution < -0.4 is 0 Å². The fourth-order valence-electron chi connectivity index (χ4n) is 1.81. The Kier molecular flexibility index (Phi) is 8.44. The molecule has 0 unspecified atom stereocenters. The number of unbranched alkanes of at least 4 members (excludes halogenated alkanes) is 1. The second-order valence-corrected chi connectivity index (χ2v) is 5.92. The number of aldehydes is 1. The summed E-state index contributed by atoms with van der Waals surface area (Å²) < 4.78 is 5.42. The average molecular weight is 271 g/mol. The quantitative estimate of drug-likeness (QED) is 0.500. The van der Waals surface area contributed by atoms with E-state index in [0.29, 0.717) is 31.8 Å². The summed E-state index contributed by atoms with van der Waals surface area (Å²) in [5.74, 6) is 0.490. The van der Waals surface area contributed by atoms with Gasteiger partial charge in [-0.15, -0.1) is 0 Å². The van der Waals surface area contributed by atoms with Gasteiger partial charge in [0.15, 0.2) is 0 Å². The van der Waals surface area contributed by atoms with Crippen molar-refractivity contribution >= 4 is 12.4 Å². The van der Waals surface area contributed by atoms with Crippen LogP contribution in [0.2, 0.25) is 0 Å². The number of rotatable bonds is 8. The van der Waals surface area contributed by atoms with Crippen molar-refractivity contribution in [2.24, 2.45) is 5.92 Å². The lowest BCUT2D eigenvalue weighted by Crippen LogP contribution is -2.40. The first-order valence-electron chi connectivity index (χ1n) is 7.25. The Morgan fingerprint density at radius 1 is 1.26 bits per heavy atom. The molecule has 0 aromatic carbocycles. The summed E-state index contributed by atoms with van der Waals surface area (Å²) in [5.41, 5.74) is -0.478. The first-order chi connectivity index (χ1) is 8.84. The minimum absolute atomic E-state index is 0.273. The van der Waals surface area contributed by atoms with Crippen LogP contribution in [0.3, 0.4) is 0 Å². The molecule has 19 heavy (non-hydrogen) atoms. The molecule has 0 heterocycles. The lowest BCUT2D eigenvalue weighted by Gasteiger charge is -2.29. The van der Waals surface area contributed by atoms with E-state index < -0.39 is 5.60 Å². The molecule has 0 aliphatic heterocycles. The van der Waals surface area contributed by atoms with Crippen molar-refractivity contribution in [1.82, 2.24) is 4.90 Å². The van der Waals surface area contributed by atoms with Crippen molar-refractivity contribution in [3.63, 3.8) is 0 Å². The molecular weight excluding hydrogens is 242 g/mol. The minimum atomic E-state index is -0.478. The van der Waals surface area contributed by atoms with Crippen LogP contribution in [0, 0.1) is 5.92 Å². The van der Waals surface area contributed by atoms with E-state index >= 15 is 0 Å². The monoisotopic (exact) mass is 271 g/mol. The lowest BCUT2D eigenvalue weighted by atomic mass is 10.0. The highest BCUT2D eigenvalue weighted by atomic mass is 16.6. The Hall–Kier alpha value is -1.06. The van der Waals surface area contributed by atoms with Crippen LogP contribution in [0.4, 0.5) is 4.79 Å². The molecule has 0 aromatic rings. The maximum Gasteiger partial charge on any atom is 0.410 e. The fraction of sp³-hybridized carbons (Fsp3) is 0.867. The third kappa shape index (κ3) is 8.62. The topological polar surface area (TPSA) is 46.6 Å². The molecular formula is C15H29NO3. The summed E-state index contributed by atoms with van der Waals surface area (Å²) in [6, 6.07) is 0. The molecule has 0 atom stereocenters. The summed E-state index contributed by atoms with van der Waals surface area (Å²) in [6.45, 7) is 11.2. The summed E-state index contributed by atoms with van der Waals surface area (Å²) >= 11 is 0. The lowest BCUT2D eigenvalue weighted by molar-refractivity contribution is -0.108. The van der Waals surface area contributed by atoms with Crippen LogP contribution in [-0.4, -0.2) is 36.0 Å². The predicted octanol–water partition coefficient (Wildman–Crippen LogP) is 3.64. The van der Waals surface area contributed by atoms with E-state index in [-0.39, 0.29) is 6.09 Å². The molecule has 0 aliphatic carbocycles. The van der Waals surface area contributed by atoms with Gasteiger partial charge in [0.2, 0.25) is 0 Å². The predicted molar refractivity (Wildman–Crippen MR) is 77.2 cm³/mol. The molecule has 0 rings (SSSR count). The Morgan fingerprint density at radius 3 is 2.26 bits per heavy atom. The molecule has 112 valence electrons. The highest BCUT2D eigenvalue weighted by Gasteiger charge is 2.23. The second kappa shape index (κ2) is 8.94. The highest BCUT2D eigenvalue weighted by Crippen LogP contribution is 2.15. The summed E-state index contributed by atoms with van der Waals surface area (Å²) in [4.78, 5) is 24.3. The van der Waals surface area contributed by atoms with Gasteiger partial charge in [0.05, 0.1) is 0 Å². The number of ether oxygens (including phenoxy) is 1. The Morgan fingerprint density at radius 2 is 1.84 bits per heavy atom. The zero-order valence-electron chi connectivity index (χ0n) is 13.1. The minimum Gasteiger partial charge on any atom is -0.444 e. The van der Waals surface area contributed by atoms with Crippen molar-refractivity contribution in [2.45, 2.75) is 65.9 Å². The van der Waals surface area contributed by atoms with E-state index in [2.05, 4.69) is 13.8 Å². The molecule has 0 N–H and O–H groups in total. The summed E-state index contributed by atoms with van der Waals surface area (Å²) in [7, 11) is 0.